The molecule has 0 aromatic heterocycles. The summed E-state index contributed by atoms with van der Waals surface area (Å²) in [4.78, 5) is 4.34. The Kier molecular flexibility index (Phi) is 9.45. The molecule has 1 aliphatic carbocycles. The number of sulfonamides is 1. The van der Waals surface area contributed by atoms with Crippen molar-refractivity contribution in [2.24, 2.45) is 16.3 Å². The zero-order valence-electron chi connectivity index (χ0n) is 15.9. The number of guanidine groups is 1. The zero-order valence-corrected chi connectivity index (χ0v) is 19.0. The molecule has 1 heterocycles. The van der Waals surface area contributed by atoms with Crippen molar-refractivity contribution in [3.05, 3.63) is 0 Å². The molecule has 0 radical (unpaired) electrons. The first-order valence-corrected chi connectivity index (χ1v) is 11.1. The van der Waals surface area contributed by atoms with E-state index in [-0.39, 0.29) is 24.0 Å². The Morgan fingerprint density at radius 2 is 1.80 bits per heavy atom. The van der Waals surface area contributed by atoms with Gasteiger partial charge in [-0.2, -0.15) is 0 Å². The normalized spacial score (nSPS) is 22.4. The van der Waals surface area contributed by atoms with E-state index in [2.05, 4.69) is 22.5 Å². The minimum absolute atomic E-state index is 0. The summed E-state index contributed by atoms with van der Waals surface area (Å²) in [5.41, 5.74) is 0.443. The SMILES string of the molecule is CCC1(CNC(=NC)NCC2CCN(S(C)(=O)=O)CC2)CCCC1.I. The van der Waals surface area contributed by atoms with Gasteiger partial charge in [0.15, 0.2) is 5.96 Å². The molecule has 1 saturated heterocycles. The van der Waals surface area contributed by atoms with Crippen LogP contribution >= 0.6 is 24.0 Å². The smallest absolute Gasteiger partial charge is 0.211 e. The molecule has 25 heavy (non-hydrogen) atoms. The van der Waals surface area contributed by atoms with Crippen molar-refractivity contribution in [2.75, 3.05) is 39.5 Å². The van der Waals surface area contributed by atoms with Gasteiger partial charge in [-0.1, -0.05) is 19.8 Å². The van der Waals surface area contributed by atoms with E-state index < -0.39 is 10.0 Å². The van der Waals surface area contributed by atoms with Gasteiger partial charge in [0.05, 0.1) is 6.26 Å². The van der Waals surface area contributed by atoms with Gasteiger partial charge < -0.3 is 10.6 Å². The largest absolute Gasteiger partial charge is 0.356 e. The summed E-state index contributed by atoms with van der Waals surface area (Å²) in [7, 11) is -1.22. The summed E-state index contributed by atoms with van der Waals surface area (Å²) in [5, 5.41) is 6.94. The summed E-state index contributed by atoms with van der Waals surface area (Å²) in [5.74, 6) is 1.38. The molecule has 0 aromatic rings. The summed E-state index contributed by atoms with van der Waals surface area (Å²) >= 11 is 0. The van der Waals surface area contributed by atoms with Crippen LogP contribution in [0.2, 0.25) is 0 Å². The van der Waals surface area contributed by atoms with Crippen LogP contribution in [0.5, 0.6) is 0 Å². The van der Waals surface area contributed by atoms with E-state index in [0.717, 1.165) is 31.9 Å². The van der Waals surface area contributed by atoms with Gasteiger partial charge >= 0.3 is 0 Å². The molecule has 0 amide bonds. The Hall–Kier alpha value is -0.0900. The first-order chi connectivity index (χ1) is 11.4. The van der Waals surface area contributed by atoms with Gasteiger partial charge in [0.25, 0.3) is 0 Å². The van der Waals surface area contributed by atoms with Crippen LogP contribution in [0, 0.1) is 11.3 Å². The van der Waals surface area contributed by atoms with Crippen LogP contribution in [0.1, 0.15) is 51.9 Å². The average molecular weight is 486 g/mol. The summed E-state index contributed by atoms with van der Waals surface area (Å²) in [6, 6.07) is 0. The van der Waals surface area contributed by atoms with Crippen LogP contribution in [-0.4, -0.2) is 58.2 Å². The molecular weight excluding hydrogens is 451 g/mol. The Bertz CT molecular complexity index is 525. The molecule has 0 aromatic carbocycles. The number of aliphatic imine (C=N–C) groups is 1. The van der Waals surface area contributed by atoms with Gasteiger partial charge in [-0.15, -0.1) is 24.0 Å². The molecule has 0 bridgehead atoms. The number of hydrogen-bond donors (Lipinski definition) is 2. The second-order valence-electron chi connectivity index (χ2n) is 7.47. The monoisotopic (exact) mass is 486 g/mol. The van der Waals surface area contributed by atoms with Crippen molar-refractivity contribution in [1.29, 1.82) is 0 Å². The zero-order chi connectivity index (χ0) is 17.6. The van der Waals surface area contributed by atoms with Gasteiger partial charge in [-0.25, -0.2) is 12.7 Å². The van der Waals surface area contributed by atoms with E-state index >= 15 is 0 Å². The number of nitrogens with one attached hydrogen (secondary N) is 2. The Morgan fingerprint density at radius 3 is 2.28 bits per heavy atom. The summed E-state index contributed by atoms with van der Waals surface area (Å²) < 4.78 is 24.7. The third-order valence-corrected chi connectivity index (χ3v) is 7.17. The molecule has 2 fully saturated rings. The molecule has 0 unspecified atom stereocenters. The number of rotatable bonds is 6. The maximum Gasteiger partial charge on any atom is 0.211 e. The topological polar surface area (TPSA) is 73.8 Å². The maximum absolute atomic E-state index is 11.6. The first kappa shape index (κ1) is 23.0. The fraction of sp³-hybridized carbons (Fsp3) is 0.941. The van der Waals surface area contributed by atoms with Crippen molar-refractivity contribution >= 4 is 40.0 Å². The van der Waals surface area contributed by atoms with E-state index in [0.29, 0.717) is 24.4 Å². The quantitative estimate of drug-likeness (QED) is 0.344. The van der Waals surface area contributed by atoms with Crippen LogP contribution in [0.25, 0.3) is 0 Å². The van der Waals surface area contributed by atoms with Crippen molar-refractivity contribution in [1.82, 2.24) is 14.9 Å². The molecule has 6 nitrogen and oxygen atoms in total. The number of nitrogens with zero attached hydrogens (tertiary/aromatic N) is 2. The van der Waals surface area contributed by atoms with Gasteiger partial charge in [0.2, 0.25) is 10.0 Å². The second kappa shape index (κ2) is 10.3. The third kappa shape index (κ3) is 6.86. The fourth-order valence-corrected chi connectivity index (χ4v) is 4.83. The maximum atomic E-state index is 11.6. The molecule has 2 rings (SSSR count). The molecule has 0 atom stereocenters. The van der Waals surface area contributed by atoms with Gasteiger partial charge in [-0.05, 0) is 43.4 Å². The highest BCUT2D eigenvalue weighted by Crippen LogP contribution is 2.40. The number of halogens is 1. The third-order valence-electron chi connectivity index (χ3n) is 5.87. The predicted molar refractivity (Wildman–Crippen MR) is 115 cm³/mol. The van der Waals surface area contributed by atoms with Gasteiger partial charge in [-0.3, -0.25) is 4.99 Å². The van der Waals surface area contributed by atoms with Crippen LogP contribution in [0.4, 0.5) is 0 Å². The molecule has 0 spiro atoms. The molecule has 8 heteroatoms. The highest BCUT2D eigenvalue weighted by atomic mass is 127. The van der Waals surface area contributed by atoms with E-state index in [1.165, 1.54) is 38.4 Å². The van der Waals surface area contributed by atoms with Crippen LogP contribution in [0.3, 0.4) is 0 Å². The van der Waals surface area contributed by atoms with Crippen molar-refractivity contribution in [3.63, 3.8) is 0 Å². The predicted octanol–water partition coefficient (Wildman–Crippen LogP) is 2.41. The van der Waals surface area contributed by atoms with Crippen LogP contribution in [0.15, 0.2) is 4.99 Å². The Balaban J connectivity index is 0.00000312. The molecule has 2 aliphatic rings. The second-order valence-corrected chi connectivity index (χ2v) is 9.46. The lowest BCUT2D eigenvalue weighted by Crippen LogP contribution is -2.46. The molecule has 1 aliphatic heterocycles. The average Bonchev–Trinajstić information content (AvgIpc) is 3.04. The van der Waals surface area contributed by atoms with E-state index in [1.807, 2.05) is 7.05 Å². The number of hydrogen-bond acceptors (Lipinski definition) is 3. The number of piperidine rings is 1. The summed E-state index contributed by atoms with van der Waals surface area (Å²) in [6.07, 6.45) is 9.67. The first-order valence-electron chi connectivity index (χ1n) is 9.28. The lowest BCUT2D eigenvalue weighted by Gasteiger charge is -2.31. The molecule has 2 N–H and O–H groups in total. The van der Waals surface area contributed by atoms with E-state index in [4.69, 9.17) is 0 Å². The molecule has 1 saturated carbocycles. The van der Waals surface area contributed by atoms with Crippen molar-refractivity contribution in [3.8, 4) is 0 Å². The Labute approximate surface area is 170 Å². The standard InChI is InChI=1S/C17H34N4O2S.HI/c1-4-17(9-5-6-10-17)14-20-16(18-2)19-13-15-7-11-21(12-8-15)24(3,22)23;/h15H,4-14H2,1-3H3,(H2,18,19,20);1H. The summed E-state index contributed by atoms with van der Waals surface area (Å²) in [6.45, 7) is 5.41. The minimum atomic E-state index is -3.04. The molecular formula is C17H35IN4O2S. The van der Waals surface area contributed by atoms with Gasteiger partial charge in [0, 0.05) is 33.2 Å². The Morgan fingerprint density at radius 1 is 1.20 bits per heavy atom. The van der Waals surface area contributed by atoms with E-state index in [1.54, 1.807) is 4.31 Å². The van der Waals surface area contributed by atoms with Crippen LogP contribution < -0.4 is 10.6 Å². The van der Waals surface area contributed by atoms with Crippen LogP contribution in [-0.2, 0) is 10.0 Å². The molecule has 148 valence electrons. The lowest BCUT2D eigenvalue weighted by atomic mass is 9.83. The lowest BCUT2D eigenvalue weighted by molar-refractivity contribution is 0.271. The van der Waals surface area contributed by atoms with Gasteiger partial charge in [0.1, 0.15) is 0 Å². The van der Waals surface area contributed by atoms with Crippen molar-refractivity contribution < 1.29 is 8.42 Å². The highest BCUT2D eigenvalue weighted by molar-refractivity contribution is 14.0. The van der Waals surface area contributed by atoms with E-state index in [9.17, 15) is 8.42 Å². The van der Waals surface area contributed by atoms with Crippen molar-refractivity contribution in [2.45, 2.75) is 51.9 Å². The fourth-order valence-electron chi connectivity index (χ4n) is 3.96. The minimum Gasteiger partial charge on any atom is -0.356 e. The highest BCUT2D eigenvalue weighted by Gasteiger charge is 2.32.